The van der Waals surface area contributed by atoms with Crippen molar-refractivity contribution in [2.45, 2.75) is 19.0 Å². The molecule has 0 fully saturated rings. The summed E-state index contributed by atoms with van der Waals surface area (Å²) in [7, 11) is 0. The van der Waals surface area contributed by atoms with Crippen LogP contribution in [0.2, 0.25) is 0 Å². The van der Waals surface area contributed by atoms with E-state index in [9.17, 15) is 17.6 Å². The molecule has 0 spiro atoms. The van der Waals surface area contributed by atoms with Crippen molar-refractivity contribution < 1.29 is 17.6 Å². The second-order valence-corrected chi connectivity index (χ2v) is 4.09. The third-order valence-corrected chi connectivity index (χ3v) is 2.79. The third-order valence-electron chi connectivity index (χ3n) is 2.17. The zero-order valence-corrected chi connectivity index (χ0v) is 9.66. The summed E-state index contributed by atoms with van der Waals surface area (Å²) in [5.41, 5.74) is -0.506. The molecule has 1 atom stereocenters. The number of alkyl halides is 3. The predicted molar refractivity (Wildman–Crippen MR) is 53.3 cm³/mol. The molecule has 6 heteroatoms. The number of nitrogens with zero attached hydrogens (tertiary/aromatic N) is 1. The lowest BCUT2D eigenvalue weighted by atomic mass is 9.99. The van der Waals surface area contributed by atoms with E-state index in [4.69, 9.17) is 5.26 Å². The molecule has 0 amide bonds. The summed E-state index contributed by atoms with van der Waals surface area (Å²) in [6.07, 6.45) is -4.43. The number of benzene rings is 1. The second-order valence-electron chi connectivity index (χ2n) is 3.23. The summed E-state index contributed by atoms with van der Waals surface area (Å²) in [4.78, 5) is 0. The Hall–Kier alpha value is -1.09. The number of hydrogen-bond donors (Lipinski definition) is 0. The molecule has 16 heavy (non-hydrogen) atoms. The zero-order valence-electron chi connectivity index (χ0n) is 8.07. The van der Waals surface area contributed by atoms with Crippen LogP contribution >= 0.6 is 15.9 Å². The molecule has 0 N–H and O–H groups in total. The van der Waals surface area contributed by atoms with E-state index in [0.29, 0.717) is 0 Å². The Morgan fingerprint density at radius 3 is 2.31 bits per heavy atom. The molecule has 0 heterocycles. The smallest absolute Gasteiger partial charge is 0.205 e. The fourth-order valence-electron chi connectivity index (χ4n) is 1.14. The zero-order chi connectivity index (χ0) is 12.5. The first-order chi connectivity index (χ1) is 7.27. The highest BCUT2D eigenvalue weighted by atomic mass is 79.9. The average molecular weight is 296 g/mol. The Morgan fingerprint density at radius 1 is 1.38 bits per heavy atom. The lowest BCUT2D eigenvalue weighted by molar-refractivity contribution is -0.146. The monoisotopic (exact) mass is 295 g/mol. The molecule has 0 saturated carbocycles. The minimum absolute atomic E-state index is 0.0288. The Bertz CT molecular complexity index is 424. The van der Waals surface area contributed by atoms with Gasteiger partial charge in [-0.2, -0.15) is 18.4 Å². The molecule has 1 aromatic rings. The topological polar surface area (TPSA) is 23.8 Å². The van der Waals surface area contributed by atoms with Crippen LogP contribution < -0.4 is 0 Å². The first-order valence-electron chi connectivity index (χ1n) is 4.23. The number of rotatable bonds is 1. The van der Waals surface area contributed by atoms with Crippen LogP contribution in [0.25, 0.3) is 0 Å². The summed E-state index contributed by atoms with van der Waals surface area (Å²) in [6.45, 7) is 0.938. The maximum absolute atomic E-state index is 13.2. The van der Waals surface area contributed by atoms with Crippen molar-refractivity contribution in [1.82, 2.24) is 0 Å². The standard InChI is InChI=1S/C10H6BrF4N/c1-5(10(13,14)15)6-2-8(11)7(4-16)9(12)3-6/h2-3,5H,1H3. The molecule has 1 nitrogen and oxygen atoms in total. The fourth-order valence-corrected chi connectivity index (χ4v) is 1.68. The van der Waals surface area contributed by atoms with E-state index in [0.717, 1.165) is 19.1 Å². The van der Waals surface area contributed by atoms with Crippen LogP contribution in [0.3, 0.4) is 0 Å². The Kier molecular flexibility index (Phi) is 3.58. The lowest BCUT2D eigenvalue weighted by Gasteiger charge is -2.16. The maximum atomic E-state index is 13.2. The van der Waals surface area contributed by atoms with Gasteiger partial charge in [-0.3, -0.25) is 0 Å². The molecule has 0 radical (unpaired) electrons. The quantitative estimate of drug-likeness (QED) is 0.715. The van der Waals surface area contributed by atoms with E-state index in [1.807, 2.05) is 0 Å². The van der Waals surface area contributed by atoms with Crippen molar-refractivity contribution in [1.29, 1.82) is 5.26 Å². The SMILES string of the molecule is CC(c1cc(F)c(C#N)c(Br)c1)C(F)(F)F. The van der Waals surface area contributed by atoms with Gasteiger partial charge < -0.3 is 0 Å². The molecule has 0 aliphatic heterocycles. The molecular formula is C10H6BrF4N. The molecule has 0 aliphatic carbocycles. The molecule has 1 unspecified atom stereocenters. The van der Waals surface area contributed by atoms with Crippen molar-refractivity contribution in [2.24, 2.45) is 0 Å². The molecule has 0 bridgehead atoms. The maximum Gasteiger partial charge on any atom is 0.395 e. The number of halogens is 5. The van der Waals surface area contributed by atoms with Gasteiger partial charge in [0.2, 0.25) is 0 Å². The van der Waals surface area contributed by atoms with Crippen molar-refractivity contribution in [3.8, 4) is 6.07 Å². The molecular weight excluding hydrogens is 290 g/mol. The molecule has 0 saturated heterocycles. The minimum atomic E-state index is -4.43. The van der Waals surface area contributed by atoms with Crippen LogP contribution in [-0.2, 0) is 0 Å². The lowest BCUT2D eigenvalue weighted by Crippen LogP contribution is -2.18. The number of hydrogen-bond acceptors (Lipinski definition) is 1. The van der Waals surface area contributed by atoms with Gasteiger partial charge >= 0.3 is 6.18 Å². The van der Waals surface area contributed by atoms with E-state index in [1.54, 1.807) is 6.07 Å². The summed E-state index contributed by atoms with van der Waals surface area (Å²) in [5.74, 6) is -2.73. The molecule has 0 aliphatic rings. The van der Waals surface area contributed by atoms with E-state index < -0.39 is 17.9 Å². The van der Waals surface area contributed by atoms with Gasteiger partial charge in [0.15, 0.2) is 0 Å². The predicted octanol–water partition coefficient (Wildman–Crippen LogP) is 4.13. The van der Waals surface area contributed by atoms with Gasteiger partial charge in [-0.1, -0.05) is 0 Å². The van der Waals surface area contributed by atoms with E-state index >= 15 is 0 Å². The van der Waals surface area contributed by atoms with Crippen LogP contribution in [0.1, 0.15) is 24.0 Å². The summed E-state index contributed by atoms with van der Waals surface area (Å²) < 4.78 is 50.4. The van der Waals surface area contributed by atoms with Crippen molar-refractivity contribution in [3.05, 3.63) is 33.5 Å². The van der Waals surface area contributed by atoms with Gasteiger partial charge in [0, 0.05) is 4.47 Å². The van der Waals surface area contributed by atoms with Crippen molar-refractivity contribution in [3.63, 3.8) is 0 Å². The molecule has 0 aromatic heterocycles. The highest BCUT2D eigenvalue weighted by Gasteiger charge is 2.37. The first-order valence-corrected chi connectivity index (χ1v) is 5.02. The van der Waals surface area contributed by atoms with Gasteiger partial charge in [-0.05, 0) is 40.5 Å². The molecule has 1 rings (SSSR count). The van der Waals surface area contributed by atoms with Gasteiger partial charge in [-0.25, -0.2) is 4.39 Å². The molecule has 86 valence electrons. The van der Waals surface area contributed by atoms with E-state index in [-0.39, 0.29) is 15.6 Å². The normalized spacial score (nSPS) is 13.3. The fraction of sp³-hybridized carbons (Fsp3) is 0.300. The summed E-state index contributed by atoms with van der Waals surface area (Å²) in [5, 5.41) is 8.55. The van der Waals surface area contributed by atoms with Crippen molar-refractivity contribution >= 4 is 15.9 Å². The third kappa shape index (κ3) is 2.53. The highest BCUT2D eigenvalue weighted by Crippen LogP contribution is 2.36. The minimum Gasteiger partial charge on any atom is -0.205 e. The molecule has 1 aromatic carbocycles. The van der Waals surface area contributed by atoms with E-state index in [1.165, 1.54) is 0 Å². The highest BCUT2D eigenvalue weighted by molar-refractivity contribution is 9.10. The van der Waals surface area contributed by atoms with Crippen LogP contribution in [0.15, 0.2) is 16.6 Å². The van der Waals surface area contributed by atoms with Gasteiger partial charge in [0.1, 0.15) is 17.4 Å². The van der Waals surface area contributed by atoms with Crippen LogP contribution in [0.4, 0.5) is 17.6 Å². The van der Waals surface area contributed by atoms with Crippen LogP contribution in [-0.4, -0.2) is 6.18 Å². The number of nitriles is 1. The van der Waals surface area contributed by atoms with Crippen LogP contribution in [0, 0.1) is 17.1 Å². The van der Waals surface area contributed by atoms with Crippen LogP contribution in [0.5, 0.6) is 0 Å². The largest absolute Gasteiger partial charge is 0.395 e. The van der Waals surface area contributed by atoms with E-state index in [2.05, 4.69) is 15.9 Å². The second kappa shape index (κ2) is 4.42. The Labute approximate surface area is 97.8 Å². The average Bonchev–Trinajstić information content (AvgIpc) is 2.14. The summed E-state index contributed by atoms with van der Waals surface area (Å²) >= 11 is 2.86. The first kappa shape index (κ1) is 13.0. The van der Waals surface area contributed by atoms with Gasteiger partial charge in [0.05, 0.1) is 5.92 Å². The Balaban J connectivity index is 3.25. The Morgan fingerprint density at radius 2 is 1.94 bits per heavy atom. The van der Waals surface area contributed by atoms with Crippen molar-refractivity contribution in [2.75, 3.05) is 0 Å². The van der Waals surface area contributed by atoms with Gasteiger partial charge in [0.25, 0.3) is 0 Å². The van der Waals surface area contributed by atoms with Gasteiger partial charge in [-0.15, -0.1) is 0 Å². The summed E-state index contributed by atoms with van der Waals surface area (Å²) in [6, 6.07) is 3.41.